The minimum atomic E-state index is -0.535. The summed E-state index contributed by atoms with van der Waals surface area (Å²) in [6, 6.07) is 10.7. The molecule has 0 atom stereocenters. The Labute approximate surface area is 150 Å². The van der Waals surface area contributed by atoms with Crippen molar-refractivity contribution in [2.24, 2.45) is 0 Å². The fraction of sp³-hybridized carbons (Fsp3) is 0.263. The highest BCUT2D eigenvalue weighted by Crippen LogP contribution is 2.26. The van der Waals surface area contributed by atoms with Gasteiger partial charge in [0.2, 0.25) is 0 Å². The molecule has 6 nitrogen and oxygen atoms in total. The highest BCUT2D eigenvalue weighted by Gasteiger charge is 2.23. The van der Waals surface area contributed by atoms with Crippen LogP contribution >= 0.6 is 0 Å². The Balaban J connectivity index is 1.68. The van der Waals surface area contributed by atoms with Crippen molar-refractivity contribution in [1.29, 1.82) is 0 Å². The number of hydrogen-bond donors (Lipinski definition) is 1. The first-order valence-electron chi connectivity index (χ1n) is 8.31. The fourth-order valence-electron chi connectivity index (χ4n) is 2.64. The molecule has 1 aliphatic rings. The molecular formula is C19H19FN2O4. The lowest BCUT2D eigenvalue weighted by Crippen LogP contribution is -2.32. The third-order valence-electron chi connectivity index (χ3n) is 3.98. The predicted octanol–water partition coefficient (Wildman–Crippen LogP) is 2.70. The minimum absolute atomic E-state index is 0.00624. The van der Waals surface area contributed by atoms with Crippen LogP contribution in [0.1, 0.15) is 17.3 Å². The molecular weight excluding hydrogens is 339 g/mol. The zero-order valence-electron chi connectivity index (χ0n) is 14.3. The average Bonchev–Trinajstić information content (AvgIpc) is 2.80. The highest BCUT2D eigenvalue weighted by atomic mass is 19.1. The van der Waals surface area contributed by atoms with Crippen LogP contribution < -0.4 is 14.8 Å². The van der Waals surface area contributed by atoms with Crippen molar-refractivity contribution in [2.45, 2.75) is 6.92 Å². The SMILES string of the molecule is CCN1CCOc2ccc(NC(=O)COc3ccccc3F)cc2C1=O. The maximum atomic E-state index is 13.5. The normalized spacial score (nSPS) is 13.5. The largest absolute Gasteiger partial charge is 0.491 e. The van der Waals surface area contributed by atoms with Crippen LogP contribution in [-0.2, 0) is 4.79 Å². The Kier molecular flexibility index (Phi) is 5.36. The Morgan fingerprint density at radius 1 is 1.31 bits per heavy atom. The van der Waals surface area contributed by atoms with Gasteiger partial charge in [-0.25, -0.2) is 4.39 Å². The summed E-state index contributed by atoms with van der Waals surface area (Å²) in [6.07, 6.45) is 0. The van der Waals surface area contributed by atoms with Gasteiger partial charge >= 0.3 is 0 Å². The van der Waals surface area contributed by atoms with Gasteiger partial charge in [0.1, 0.15) is 12.4 Å². The van der Waals surface area contributed by atoms with Gasteiger partial charge < -0.3 is 19.7 Å². The summed E-state index contributed by atoms with van der Waals surface area (Å²) in [4.78, 5) is 26.3. The monoisotopic (exact) mass is 358 g/mol. The molecule has 2 aromatic carbocycles. The fourth-order valence-corrected chi connectivity index (χ4v) is 2.64. The van der Waals surface area contributed by atoms with Gasteiger partial charge in [-0.15, -0.1) is 0 Å². The molecule has 136 valence electrons. The number of halogens is 1. The molecule has 0 unspecified atom stereocenters. The molecule has 2 amide bonds. The van der Waals surface area contributed by atoms with Crippen LogP contribution in [0.15, 0.2) is 42.5 Å². The van der Waals surface area contributed by atoms with E-state index >= 15 is 0 Å². The van der Waals surface area contributed by atoms with Crippen molar-refractivity contribution < 1.29 is 23.5 Å². The van der Waals surface area contributed by atoms with Gasteiger partial charge in [0.05, 0.1) is 12.1 Å². The van der Waals surface area contributed by atoms with Crippen molar-refractivity contribution in [2.75, 3.05) is 31.6 Å². The summed E-state index contributed by atoms with van der Waals surface area (Å²) < 4.78 is 24.3. The second-order valence-electron chi connectivity index (χ2n) is 5.71. The summed E-state index contributed by atoms with van der Waals surface area (Å²) in [7, 11) is 0. The van der Waals surface area contributed by atoms with E-state index in [0.29, 0.717) is 36.7 Å². The first-order chi connectivity index (χ1) is 12.6. The zero-order valence-corrected chi connectivity index (χ0v) is 14.3. The van der Waals surface area contributed by atoms with Gasteiger partial charge in [0.25, 0.3) is 11.8 Å². The van der Waals surface area contributed by atoms with E-state index < -0.39 is 11.7 Å². The summed E-state index contributed by atoms with van der Waals surface area (Å²) in [5.74, 6) is -0.632. The molecule has 26 heavy (non-hydrogen) atoms. The predicted molar refractivity (Wildman–Crippen MR) is 94.0 cm³/mol. The molecule has 1 N–H and O–H groups in total. The van der Waals surface area contributed by atoms with E-state index in [1.807, 2.05) is 6.92 Å². The van der Waals surface area contributed by atoms with Crippen molar-refractivity contribution in [3.05, 3.63) is 53.8 Å². The van der Waals surface area contributed by atoms with Crippen molar-refractivity contribution in [3.63, 3.8) is 0 Å². The standard InChI is InChI=1S/C19H19FN2O4/c1-2-22-9-10-25-16-8-7-13(11-14(16)19(22)24)21-18(23)12-26-17-6-4-3-5-15(17)20/h3-8,11H,2,9-10,12H2,1H3,(H,21,23). The van der Waals surface area contributed by atoms with Gasteiger partial charge in [0, 0.05) is 12.2 Å². The number of benzene rings is 2. The lowest BCUT2D eigenvalue weighted by Gasteiger charge is -2.17. The van der Waals surface area contributed by atoms with Gasteiger partial charge in [0.15, 0.2) is 18.2 Å². The number of rotatable bonds is 5. The number of anilines is 1. The molecule has 2 aromatic rings. The number of fused-ring (bicyclic) bond motifs is 1. The van der Waals surface area contributed by atoms with E-state index in [-0.39, 0.29) is 18.3 Å². The van der Waals surface area contributed by atoms with Gasteiger partial charge in [-0.05, 0) is 37.3 Å². The van der Waals surface area contributed by atoms with E-state index in [0.717, 1.165) is 0 Å². The van der Waals surface area contributed by atoms with Gasteiger partial charge in [-0.3, -0.25) is 9.59 Å². The Morgan fingerprint density at radius 2 is 2.12 bits per heavy atom. The summed E-state index contributed by atoms with van der Waals surface area (Å²) in [5.41, 5.74) is 0.845. The van der Waals surface area contributed by atoms with E-state index in [4.69, 9.17) is 9.47 Å². The van der Waals surface area contributed by atoms with E-state index in [1.54, 1.807) is 29.2 Å². The van der Waals surface area contributed by atoms with Crippen LogP contribution in [0.25, 0.3) is 0 Å². The van der Waals surface area contributed by atoms with Crippen molar-refractivity contribution in [3.8, 4) is 11.5 Å². The number of carbonyl (C=O) groups excluding carboxylic acids is 2. The average molecular weight is 358 g/mol. The quantitative estimate of drug-likeness (QED) is 0.892. The first kappa shape index (κ1) is 17.7. The summed E-state index contributed by atoms with van der Waals surface area (Å²) >= 11 is 0. The Hall–Kier alpha value is -3.09. The second kappa shape index (κ2) is 7.86. The number of hydrogen-bond acceptors (Lipinski definition) is 4. The third kappa shape index (κ3) is 3.93. The first-order valence-corrected chi connectivity index (χ1v) is 8.31. The smallest absolute Gasteiger partial charge is 0.262 e. The topological polar surface area (TPSA) is 67.9 Å². The molecule has 7 heteroatoms. The zero-order chi connectivity index (χ0) is 18.5. The van der Waals surface area contributed by atoms with Crippen molar-refractivity contribution in [1.82, 2.24) is 4.90 Å². The highest BCUT2D eigenvalue weighted by molar-refractivity contribution is 6.00. The van der Waals surface area contributed by atoms with E-state index in [1.165, 1.54) is 18.2 Å². The molecule has 1 aliphatic heterocycles. The van der Waals surface area contributed by atoms with Crippen LogP contribution in [-0.4, -0.2) is 43.0 Å². The molecule has 0 fully saturated rings. The Bertz CT molecular complexity index is 825. The second-order valence-corrected chi connectivity index (χ2v) is 5.71. The van der Waals surface area contributed by atoms with Gasteiger partial charge in [-0.2, -0.15) is 0 Å². The van der Waals surface area contributed by atoms with Crippen LogP contribution in [0, 0.1) is 5.82 Å². The molecule has 0 aliphatic carbocycles. The van der Waals surface area contributed by atoms with Crippen LogP contribution in [0.4, 0.5) is 10.1 Å². The molecule has 1 heterocycles. The van der Waals surface area contributed by atoms with E-state index in [9.17, 15) is 14.0 Å². The molecule has 0 spiro atoms. The van der Waals surface area contributed by atoms with Gasteiger partial charge in [-0.1, -0.05) is 12.1 Å². The molecule has 3 rings (SSSR count). The number of amides is 2. The molecule has 0 bridgehead atoms. The van der Waals surface area contributed by atoms with Crippen LogP contribution in [0.5, 0.6) is 11.5 Å². The molecule has 0 saturated carbocycles. The lowest BCUT2D eigenvalue weighted by molar-refractivity contribution is -0.118. The van der Waals surface area contributed by atoms with E-state index in [2.05, 4.69) is 5.32 Å². The lowest BCUT2D eigenvalue weighted by atomic mass is 10.1. The summed E-state index contributed by atoms with van der Waals surface area (Å²) in [5, 5.41) is 2.64. The van der Waals surface area contributed by atoms with Crippen LogP contribution in [0.2, 0.25) is 0 Å². The summed E-state index contributed by atoms with van der Waals surface area (Å²) in [6.45, 7) is 3.07. The van der Waals surface area contributed by atoms with Crippen molar-refractivity contribution >= 4 is 17.5 Å². The number of nitrogens with one attached hydrogen (secondary N) is 1. The minimum Gasteiger partial charge on any atom is -0.491 e. The molecule has 0 radical (unpaired) electrons. The number of likely N-dealkylation sites (N-methyl/N-ethyl adjacent to an activating group) is 1. The third-order valence-corrected chi connectivity index (χ3v) is 3.98. The van der Waals surface area contributed by atoms with Crippen LogP contribution in [0.3, 0.4) is 0 Å². The number of para-hydroxylation sites is 1. The molecule has 0 saturated heterocycles. The Morgan fingerprint density at radius 3 is 2.88 bits per heavy atom. The molecule has 0 aromatic heterocycles. The number of ether oxygens (including phenoxy) is 2. The number of carbonyl (C=O) groups is 2. The maximum Gasteiger partial charge on any atom is 0.262 e. The maximum absolute atomic E-state index is 13.5. The number of nitrogens with zero attached hydrogens (tertiary/aromatic N) is 1.